The Morgan fingerprint density at radius 3 is 2.60 bits per heavy atom. The fourth-order valence-corrected chi connectivity index (χ4v) is 3.40. The maximum atomic E-state index is 12.8. The van der Waals surface area contributed by atoms with Gasteiger partial charge in [-0.3, -0.25) is 14.3 Å². The maximum Gasteiger partial charge on any atom is 0.247 e. The molecule has 0 unspecified atom stereocenters. The quantitative estimate of drug-likeness (QED) is 0.586. The number of halogens is 1. The zero-order valence-corrected chi connectivity index (χ0v) is 19.2. The standard InChI is InChI=1S/C23H31ClN4O2/c1-6-13-27(15-21(29)25-20-10-8-7-9-17(20)4)22(30)12-11-19-18(5)26-28(23(19)24)14-16(2)3/h7-12,16H,6,13-15H2,1-5H3,(H,25,29)/b12-11+. The molecule has 30 heavy (non-hydrogen) atoms. The molecule has 0 spiro atoms. The Hall–Kier alpha value is -2.60. The predicted molar refractivity (Wildman–Crippen MR) is 123 cm³/mol. The van der Waals surface area contributed by atoms with Gasteiger partial charge in [-0.1, -0.05) is 50.6 Å². The van der Waals surface area contributed by atoms with E-state index in [2.05, 4.69) is 24.3 Å². The SMILES string of the molecule is CCCN(CC(=O)Nc1ccccc1C)C(=O)/C=C/c1c(C)nn(CC(C)C)c1Cl. The van der Waals surface area contributed by atoms with Crippen molar-refractivity contribution in [3.8, 4) is 0 Å². The molecular weight excluding hydrogens is 400 g/mol. The highest BCUT2D eigenvalue weighted by molar-refractivity contribution is 6.31. The number of hydrogen-bond acceptors (Lipinski definition) is 3. The second-order valence-electron chi connectivity index (χ2n) is 7.82. The second kappa shape index (κ2) is 11.0. The average Bonchev–Trinajstić information content (AvgIpc) is 2.93. The summed E-state index contributed by atoms with van der Waals surface area (Å²) in [5, 5.41) is 7.85. The molecule has 1 aromatic heterocycles. The highest BCUT2D eigenvalue weighted by Crippen LogP contribution is 2.22. The fourth-order valence-electron chi connectivity index (χ4n) is 3.10. The molecular formula is C23H31ClN4O2. The average molecular weight is 431 g/mol. The van der Waals surface area contributed by atoms with Crippen molar-refractivity contribution in [1.29, 1.82) is 0 Å². The van der Waals surface area contributed by atoms with Crippen LogP contribution in [0, 0.1) is 19.8 Å². The minimum Gasteiger partial charge on any atom is -0.330 e. The molecule has 0 aliphatic rings. The lowest BCUT2D eigenvalue weighted by Gasteiger charge is -2.20. The molecule has 7 heteroatoms. The van der Waals surface area contributed by atoms with E-state index in [0.717, 1.165) is 28.9 Å². The topological polar surface area (TPSA) is 67.2 Å². The first-order chi connectivity index (χ1) is 14.2. The molecule has 0 radical (unpaired) electrons. The van der Waals surface area contributed by atoms with Gasteiger partial charge in [-0.2, -0.15) is 5.10 Å². The molecule has 1 N–H and O–H groups in total. The summed E-state index contributed by atoms with van der Waals surface area (Å²) in [4.78, 5) is 26.8. The molecule has 1 aromatic carbocycles. The van der Waals surface area contributed by atoms with Gasteiger partial charge in [-0.05, 0) is 43.9 Å². The lowest BCUT2D eigenvalue weighted by atomic mass is 10.2. The third-order valence-corrected chi connectivity index (χ3v) is 5.00. The molecule has 162 valence electrons. The minimum atomic E-state index is -0.233. The lowest BCUT2D eigenvalue weighted by molar-refractivity contribution is -0.130. The number of hydrogen-bond donors (Lipinski definition) is 1. The third-order valence-electron chi connectivity index (χ3n) is 4.60. The number of para-hydroxylation sites is 1. The van der Waals surface area contributed by atoms with Crippen LogP contribution < -0.4 is 5.32 Å². The summed E-state index contributed by atoms with van der Waals surface area (Å²) in [5.41, 5.74) is 3.22. The molecule has 2 aromatic rings. The number of aromatic nitrogens is 2. The number of carbonyl (C=O) groups excluding carboxylic acids is 2. The van der Waals surface area contributed by atoms with E-state index >= 15 is 0 Å². The molecule has 1 heterocycles. The third kappa shape index (κ3) is 6.46. The van der Waals surface area contributed by atoms with Gasteiger partial charge in [0, 0.05) is 30.4 Å². The summed E-state index contributed by atoms with van der Waals surface area (Å²) in [6.45, 7) is 11.1. The Balaban J connectivity index is 2.09. The van der Waals surface area contributed by atoms with E-state index in [1.54, 1.807) is 10.8 Å². The van der Waals surface area contributed by atoms with Crippen LogP contribution in [0.2, 0.25) is 5.15 Å². The van der Waals surface area contributed by atoms with Crippen molar-refractivity contribution in [3.05, 3.63) is 52.3 Å². The number of nitrogens with one attached hydrogen (secondary N) is 1. The van der Waals surface area contributed by atoms with Crippen LogP contribution in [0.1, 0.15) is 44.0 Å². The van der Waals surface area contributed by atoms with Crippen LogP contribution in [-0.2, 0) is 16.1 Å². The van der Waals surface area contributed by atoms with E-state index < -0.39 is 0 Å². The first kappa shape index (κ1) is 23.7. The van der Waals surface area contributed by atoms with Crippen LogP contribution in [0.4, 0.5) is 5.69 Å². The van der Waals surface area contributed by atoms with Crippen molar-refractivity contribution in [2.45, 2.75) is 47.6 Å². The molecule has 0 fully saturated rings. The van der Waals surface area contributed by atoms with Gasteiger partial charge in [-0.25, -0.2) is 0 Å². The Bertz CT molecular complexity index is 918. The number of nitrogens with zero attached hydrogens (tertiary/aromatic N) is 3. The predicted octanol–water partition coefficient (Wildman–Crippen LogP) is 4.70. The number of carbonyl (C=O) groups is 2. The first-order valence-electron chi connectivity index (χ1n) is 10.3. The van der Waals surface area contributed by atoms with Gasteiger partial charge < -0.3 is 10.2 Å². The fraction of sp³-hybridized carbons (Fsp3) is 0.435. The maximum absolute atomic E-state index is 12.8. The largest absolute Gasteiger partial charge is 0.330 e. The van der Waals surface area contributed by atoms with Crippen molar-refractivity contribution in [1.82, 2.24) is 14.7 Å². The molecule has 0 atom stereocenters. The molecule has 0 saturated heterocycles. The Kier molecular flexibility index (Phi) is 8.66. The normalized spacial score (nSPS) is 11.3. The minimum absolute atomic E-state index is 0.00925. The second-order valence-corrected chi connectivity index (χ2v) is 8.18. The molecule has 0 aliphatic heterocycles. The van der Waals surface area contributed by atoms with Crippen LogP contribution in [0.15, 0.2) is 30.3 Å². The van der Waals surface area contributed by atoms with Gasteiger partial charge in [0.15, 0.2) is 0 Å². The molecule has 2 rings (SSSR count). The van der Waals surface area contributed by atoms with E-state index in [1.165, 1.54) is 11.0 Å². The van der Waals surface area contributed by atoms with Crippen LogP contribution in [-0.4, -0.2) is 39.6 Å². The van der Waals surface area contributed by atoms with Gasteiger partial charge in [-0.15, -0.1) is 0 Å². The summed E-state index contributed by atoms with van der Waals surface area (Å²) in [5.74, 6) is -0.0469. The number of amides is 2. The monoisotopic (exact) mass is 430 g/mol. The summed E-state index contributed by atoms with van der Waals surface area (Å²) < 4.78 is 1.76. The summed E-state index contributed by atoms with van der Waals surface area (Å²) in [6, 6.07) is 7.56. The van der Waals surface area contributed by atoms with E-state index in [-0.39, 0.29) is 18.4 Å². The molecule has 0 saturated carbocycles. The van der Waals surface area contributed by atoms with Crippen molar-refractivity contribution in [2.24, 2.45) is 5.92 Å². The molecule has 2 amide bonds. The summed E-state index contributed by atoms with van der Waals surface area (Å²) >= 11 is 6.45. The number of benzene rings is 1. The molecule has 6 nitrogen and oxygen atoms in total. The van der Waals surface area contributed by atoms with Gasteiger partial charge >= 0.3 is 0 Å². The lowest BCUT2D eigenvalue weighted by Crippen LogP contribution is -2.37. The van der Waals surface area contributed by atoms with Gasteiger partial charge in [0.1, 0.15) is 11.7 Å². The van der Waals surface area contributed by atoms with E-state index in [1.807, 2.05) is 45.0 Å². The Labute approximate surface area is 183 Å². The highest BCUT2D eigenvalue weighted by atomic mass is 35.5. The van der Waals surface area contributed by atoms with E-state index in [4.69, 9.17) is 11.6 Å². The summed E-state index contributed by atoms with van der Waals surface area (Å²) in [7, 11) is 0. The Morgan fingerprint density at radius 2 is 1.97 bits per heavy atom. The van der Waals surface area contributed by atoms with Crippen LogP contribution in [0.3, 0.4) is 0 Å². The van der Waals surface area contributed by atoms with Crippen molar-refractivity contribution in [2.75, 3.05) is 18.4 Å². The van der Waals surface area contributed by atoms with E-state index in [9.17, 15) is 9.59 Å². The first-order valence-corrected chi connectivity index (χ1v) is 10.7. The van der Waals surface area contributed by atoms with Gasteiger partial charge in [0.05, 0.1) is 5.69 Å². The van der Waals surface area contributed by atoms with Crippen LogP contribution >= 0.6 is 11.6 Å². The van der Waals surface area contributed by atoms with Gasteiger partial charge in [0.25, 0.3) is 0 Å². The van der Waals surface area contributed by atoms with Crippen molar-refractivity contribution in [3.63, 3.8) is 0 Å². The van der Waals surface area contributed by atoms with Gasteiger partial charge in [0.2, 0.25) is 11.8 Å². The Morgan fingerprint density at radius 1 is 1.27 bits per heavy atom. The zero-order valence-electron chi connectivity index (χ0n) is 18.4. The van der Waals surface area contributed by atoms with Crippen molar-refractivity contribution >= 4 is 35.2 Å². The van der Waals surface area contributed by atoms with E-state index in [0.29, 0.717) is 24.2 Å². The number of aryl methyl sites for hydroxylation is 2. The summed E-state index contributed by atoms with van der Waals surface area (Å²) in [6.07, 6.45) is 3.90. The highest BCUT2D eigenvalue weighted by Gasteiger charge is 2.17. The zero-order chi connectivity index (χ0) is 22.3. The van der Waals surface area contributed by atoms with Crippen LogP contribution in [0.5, 0.6) is 0 Å². The van der Waals surface area contributed by atoms with Crippen molar-refractivity contribution < 1.29 is 9.59 Å². The van der Waals surface area contributed by atoms with Crippen LogP contribution in [0.25, 0.3) is 6.08 Å². The number of rotatable bonds is 9. The molecule has 0 aliphatic carbocycles. The molecule has 0 bridgehead atoms. The number of anilines is 1. The smallest absolute Gasteiger partial charge is 0.247 e.